The maximum Gasteiger partial charge on any atom is 0.242 e. The Morgan fingerprint density at radius 2 is 2.04 bits per heavy atom. The highest BCUT2D eigenvalue weighted by Gasteiger charge is 2.20. The summed E-state index contributed by atoms with van der Waals surface area (Å²) in [6.45, 7) is 1.96. The molecule has 0 aliphatic rings. The van der Waals surface area contributed by atoms with Gasteiger partial charge in [0.15, 0.2) is 0 Å². The van der Waals surface area contributed by atoms with Crippen molar-refractivity contribution in [2.75, 3.05) is 20.2 Å². The van der Waals surface area contributed by atoms with Gasteiger partial charge in [-0.05, 0) is 35.9 Å². The Bertz CT molecular complexity index is 841. The van der Waals surface area contributed by atoms with Crippen LogP contribution in [0.25, 0.3) is 0 Å². The lowest BCUT2D eigenvalue weighted by molar-refractivity contribution is 0.0721. The SMILES string of the molecule is CCN(C)S(=O)(=O)c1ccc(Cl)c(COCC(=O)c2ccccn2)c1. The maximum absolute atomic E-state index is 12.4. The van der Waals surface area contributed by atoms with E-state index in [1.54, 1.807) is 25.1 Å². The Morgan fingerprint density at radius 1 is 1.28 bits per heavy atom. The van der Waals surface area contributed by atoms with E-state index < -0.39 is 10.0 Å². The summed E-state index contributed by atoms with van der Waals surface area (Å²) in [7, 11) is -2.06. The van der Waals surface area contributed by atoms with Gasteiger partial charge in [-0.15, -0.1) is 0 Å². The molecule has 0 saturated heterocycles. The van der Waals surface area contributed by atoms with Gasteiger partial charge in [0.05, 0.1) is 11.5 Å². The summed E-state index contributed by atoms with van der Waals surface area (Å²) in [6, 6.07) is 9.47. The second kappa shape index (κ2) is 8.53. The Hall–Kier alpha value is -1.80. The van der Waals surface area contributed by atoms with Crippen LogP contribution < -0.4 is 0 Å². The summed E-state index contributed by atoms with van der Waals surface area (Å²) >= 11 is 6.11. The Labute approximate surface area is 152 Å². The van der Waals surface area contributed by atoms with Crippen molar-refractivity contribution in [1.29, 1.82) is 0 Å². The predicted octanol–water partition coefficient (Wildman–Crippen LogP) is 2.77. The lowest BCUT2D eigenvalue weighted by Gasteiger charge is -2.16. The third-order valence-corrected chi connectivity index (χ3v) is 5.91. The smallest absolute Gasteiger partial charge is 0.242 e. The van der Waals surface area contributed by atoms with Crippen LogP contribution in [0.15, 0.2) is 47.5 Å². The van der Waals surface area contributed by atoms with E-state index in [1.165, 1.54) is 35.7 Å². The van der Waals surface area contributed by atoms with Gasteiger partial charge in [0.1, 0.15) is 12.3 Å². The van der Waals surface area contributed by atoms with E-state index in [2.05, 4.69) is 4.98 Å². The molecule has 0 bridgehead atoms. The molecule has 0 spiro atoms. The summed E-state index contributed by atoms with van der Waals surface area (Å²) in [5, 5.41) is 0.378. The molecule has 2 aromatic rings. The highest BCUT2D eigenvalue weighted by Crippen LogP contribution is 2.23. The monoisotopic (exact) mass is 382 g/mol. The van der Waals surface area contributed by atoms with Gasteiger partial charge >= 0.3 is 0 Å². The molecule has 0 unspecified atom stereocenters. The number of aromatic nitrogens is 1. The number of pyridine rings is 1. The van der Waals surface area contributed by atoms with Crippen LogP contribution in [0.3, 0.4) is 0 Å². The predicted molar refractivity (Wildman–Crippen MR) is 95.2 cm³/mol. The van der Waals surface area contributed by atoms with E-state index >= 15 is 0 Å². The molecule has 0 saturated carbocycles. The average molecular weight is 383 g/mol. The zero-order valence-electron chi connectivity index (χ0n) is 14.0. The summed E-state index contributed by atoms with van der Waals surface area (Å²) < 4.78 is 31.4. The second-order valence-electron chi connectivity index (χ2n) is 5.30. The van der Waals surface area contributed by atoms with Gasteiger partial charge in [-0.25, -0.2) is 12.7 Å². The Balaban J connectivity index is 2.07. The molecule has 134 valence electrons. The number of sulfonamides is 1. The molecular formula is C17H19ClN2O4S. The minimum Gasteiger partial charge on any atom is -0.368 e. The molecule has 0 N–H and O–H groups in total. The fraction of sp³-hybridized carbons (Fsp3) is 0.294. The van der Waals surface area contributed by atoms with Crippen LogP contribution in [0.5, 0.6) is 0 Å². The molecule has 0 radical (unpaired) electrons. The first-order valence-electron chi connectivity index (χ1n) is 7.63. The van der Waals surface area contributed by atoms with E-state index in [4.69, 9.17) is 16.3 Å². The number of carbonyl (C=O) groups is 1. The number of Topliss-reactive ketones (excluding diaryl/α,β-unsaturated/α-hetero) is 1. The minimum absolute atomic E-state index is 0.0244. The molecule has 2 rings (SSSR count). The van der Waals surface area contributed by atoms with Gasteiger partial charge in [0, 0.05) is 24.8 Å². The molecule has 0 aliphatic carbocycles. The molecular weight excluding hydrogens is 364 g/mol. The first-order chi connectivity index (χ1) is 11.9. The highest BCUT2D eigenvalue weighted by atomic mass is 35.5. The molecule has 0 aliphatic heterocycles. The van der Waals surface area contributed by atoms with Crippen molar-refractivity contribution in [3.63, 3.8) is 0 Å². The molecule has 0 fully saturated rings. The topological polar surface area (TPSA) is 76.6 Å². The van der Waals surface area contributed by atoms with Crippen LogP contribution >= 0.6 is 11.6 Å². The number of ketones is 1. The van der Waals surface area contributed by atoms with Crippen LogP contribution in [0.1, 0.15) is 23.0 Å². The van der Waals surface area contributed by atoms with Gasteiger partial charge in [-0.2, -0.15) is 0 Å². The second-order valence-corrected chi connectivity index (χ2v) is 7.76. The van der Waals surface area contributed by atoms with Gasteiger partial charge in [0.2, 0.25) is 15.8 Å². The standard InChI is InChI=1S/C17H19ClN2O4S/c1-3-20(2)25(22,23)14-7-8-15(18)13(10-14)11-24-12-17(21)16-6-4-5-9-19-16/h4-10H,3,11-12H2,1-2H3. The van der Waals surface area contributed by atoms with E-state index in [1.807, 2.05) is 0 Å². The van der Waals surface area contributed by atoms with Crippen molar-refractivity contribution in [1.82, 2.24) is 9.29 Å². The molecule has 1 aromatic carbocycles. The fourth-order valence-electron chi connectivity index (χ4n) is 2.03. The molecule has 1 aromatic heterocycles. The molecule has 0 atom stereocenters. The minimum atomic E-state index is -3.57. The van der Waals surface area contributed by atoms with Crippen molar-refractivity contribution >= 4 is 27.4 Å². The average Bonchev–Trinajstić information content (AvgIpc) is 2.62. The van der Waals surface area contributed by atoms with Gasteiger partial charge in [-0.3, -0.25) is 9.78 Å². The third-order valence-electron chi connectivity index (χ3n) is 3.61. The van der Waals surface area contributed by atoms with Gasteiger partial charge < -0.3 is 4.74 Å². The Morgan fingerprint density at radius 3 is 2.68 bits per heavy atom. The summed E-state index contributed by atoms with van der Waals surface area (Å²) in [6.07, 6.45) is 1.53. The number of halogens is 1. The largest absolute Gasteiger partial charge is 0.368 e. The first kappa shape index (κ1) is 19.5. The fourth-order valence-corrected chi connectivity index (χ4v) is 3.43. The quantitative estimate of drug-likeness (QED) is 0.656. The summed E-state index contributed by atoms with van der Waals surface area (Å²) in [5.74, 6) is -0.258. The Kier molecular flexibility index (Phi) is 6.66. The van der Waals surface area contributed by atoms with Crippen LogP contribution in [0, 0.1) is 0 Å². The van der Waals surface area contributed by atoms with Crippen molar-refractivity contribution in [3.8, 4) is 0 Å². The van der Waals surface area contributed by atoms with Crippen molar-refractivity contribution < 1.29 is 17.9 Å². The summed E-state index contributed by atoms with van der Waals surface area (Å²) in [4.78, 5) is 16.0. The van der Waals surface area contributed by atoms with E-state index in [0.29, 0.717) is 22.8 Å². The van der Waals surface area contributed by atoms with Gasteiger partial charge in [-0.1, -0.05) is 24.6 Å². The molecule has 25 heavy (non-hydrogen) atoms. The number of ether oxygens (including phenoxy) is 1. The van der Waals surface area contributed by atoms with Gasteiger partial charge in [0.25, 0.3) is 0 Å². The van der Waals surface area contributed by atoms with Crippen LogP contribution in [-0.4, -0.2) is 43.7 Å². The van der Waals surface area contributed by atoms with E-state index in [0.717, 1.165) is 0 Å². The number of hydrogen-bond acceptors (Lipinski definition) is 5. The molecule has 1 heterocycles. The molecule has 0 amide bonds. The zero-order chi connectivity index (χ0) is 18.4. The van der Waals surface area contributed by atoms with Crippen LogP contribution in [0.4, 0.5) is 0 Å². The highest BCUT2D eigenvalue weighted by molar-refractivity contribution is 7.89. The number of carbonyl (C=O) groups excluding carboxylic acids is 1. The first-order valence-corrected chi connectivity index (χ1v) is 9.44. The number of hydrogen-bond donors (Lipinski definition) is 0. The van der Waals surface area contributed by atoms with Crippen molar-refractivity contribution in [2.45, 2.75) is 18.4 Å². The summed E-state index contributed by atoms with van der Waals surface area (Å²) in [5.41, 5.74) is 0.815. The maximum atomic E-state index is 12.4. The lowest BCUT2D eigenvalue weighted by atomic mass is 10.2. The zero-order valence-corrected chi connectivity index (χ0v) is 15.5. The van der Waals surface area contributed by atoms with Crippen molar-refractivity contribution in [2.24, 2.45) is 0 Å². The number of benzene rings is 1. The van der Waals surface area contributed by atoms with E-state index in [-0.39, 0.29) is 23.9 Å². The molecule has 8 heteroatoms. The van der Waals surface area contributed by atoms with Crippen molar-refractivity contribution in [3.05, 3.63) is 58.9 Å². The van der Waals surface area contributed by atoms with Crippen LogP contribution in [-0.2, 0) is 21.4 Å². The van der Waals surface area contributed by atoms with E-state index in [9.17, 15) is 13.2 Å². The number of rotatable bonds is 8. The number of nitrogens with zero attached hydrogens (tertiary/aromatic N) is 2. The van der Waals surface area contributed by atoms with Crippen LogP contribution in [0.2, 0.25) is 5.02 Å². The molecule has 6 nitrogen and oxygen atoms in total. The normalized spacial score (nSPS) is 11.7. The lowest BCUT2D eigenvalue weighted by Crippen LogP contribution is -2.26. The third kappa shape index (κ3) is 4.85.